The van der Waals surface area contributed by atoms with Gasteiger partial charge in [-0.05, 0) is 42.2 Å². The molecular weight excluding hydrogens is 385 g/mol. The number of aromatic amines is 2. The van der Waals surface area contributed by atoms with E-state index in [1.165, 1.54) is 31.3 Å². The largest absolute Gasteiger partial charge is 0.347 e. The van der Waals surface area contributed by atoms with Gasteiger partial charge in [0.2, 0.25) is 0 Å². The van der Waals surface area contributed by atoms with Gasteiger partial charge in [-0.1, -0.05) is 12.8 Å². The van der Waals surface area contributed by atoms with Crippen molar-refractivity contribution in [3.8, 4) is 11.1 Å². The highest BCUT2D eigenvalue weighted by atomic mass is 19.1. The standard InChI is InChI=1S/C21H20FN7O/c22-16-6-12(5-14(7-16)15-9-26-27-10-15)8-23-21(30)18-17-20(25-11-24-18)29-19(28-17)13-3-1-2-4-13/h5-7,9-11,13H,1-4,8H2,(H,23,30)(H,26,27)(H,24,25,28,29). The van der Waals surface area contributed by atoms with Crippen LogP contribution in [0, 0.1) is 5.82 Å². The van der Waals surface area contributed by atoms with Crippen LogP contribution in [0.3, 0.4) is 0 Å². The number of rotatable bonds is 5. The van der Waals surface area contributed by atoms with Crippen LogP contribution in [-0.2, 0) is 6.54 Å². The SMILES string of the molecule is O=C(NCc1cc(F)cc(-c2cn[nH]c2)c1)c1ncnc2nc(C3CCCC3)[nH]c12. The summed E-state index contributed by atoms with van der Waals surface area (Å²) in [6, 6.07) is 4.64. The highest BCUT2D eigenvalue weighted by Crippen LogP contribution is 2.33. The second-order valence-corrected chi connectivity index (χ2v) is 7.54. The molecule has 1 saturated carbocycles. The first kappa shape index (κ1) is 18.4. The number of imidazole rings is 1. The van der Waals surface area contributed by atoms with Gasteiger partial charge in [0.1, 0.15) is 23.5 Å². The number of carbonyl (C=O) groups excluding carboxylic acids is 1. The summed E-state index contributed by atoms with van der Waals surface area (Å²) in [7, 11) is 0. The normalized spacial score (nSPS) is 14.4. The van der Waals surface area contributed by atoms with Crippen molar-refractivity contribution in [2.75, 3.05) is 0 Å². The number of benzene rings is 1. The lowest BCUT2D eigenvalue weighted by Gasteiger charge is -2.07. The molecule has 0 atom stereocenters. The highest BCUT2D eigenvalue weighted by molar-refractivity contribution is 6.02. The number of carbonyl (C=O) groups is 1. The molecule has 3 aromatic heterocycles. The molecule has 0 radical (unpaired) electrons. The van der Waals surface area contributed by atoms with Crippen LogP contribution in [0.25, 0.3) is 22.3 Å². The Bertz CT molecular complexity index is 1200. The van der Waals surface area contributed by atoms with Gasteiger partial charge >= 0.3 is 0 Å². The van der Waals surface area contributed by atoms with Crippen LogP contribution in [0.15, 0.2) is 36.9 Å². The molecule has 3 N–H and O–H groups in total. The zero-order chi connectivity index (χ0) is 20.5. The minimum absolute atomic E-state index is 0.163. The molecule has 3 heterocycles. The zero-order valence-electron chi connectivity index (χ0n) is 16.2. The van der Waals surface area contributed by atoms with Gasteiger partial charge in [-0.3, -0.25) is 9.89 Å². The summed E-state index contributed by atoms with van der Waals surface area (Å²) in [5, 5.41) is 9.42. The molecule has 5 rings (SSSR count). The third kappa shape index (κ3) is 3.54. The molecule has 0 unspecified atom stereocenters. The van der Waals surface area contributed by atoms with Crippen molar-refractivity contribution in [2.24, 2.45) is 0 Å². The molecule has 1 amide bonds. The van der Waals surface area contributed by atoms with E-state index in [9.17, 15) is 9.18 Å². The quantitative estimate of drug-likeness (QED) is 0.471. The fraction of sp³-hybridized carbons (Fsp3) is 0.286. The fourth-order valence-electron chi connectivity index (χ4n) is 4.00. The van der Waals surface area contributed by atoms with E-state index in [2.05, 4.69) is 35.5 Å². The van der Waals surface area contributed by atoms with Crippen molar-refractivity contribution < 1.29 is 9.18 Å². The lowest BCUT2D eigenvalue weighted by Crippen LogP contribution is -2.24. The zero-order valence-corrected chi connectivity index (χ0v) is 16.2. The molecule has 0 aliphatic heterocycles. The number of H-pyrrole nitrogens is 2. The van der Waals surface area contributed by atoms with Crippen LogP contribution < -0.4 is 5.32 Å². The Morgan fingerprint density at radius 3 is 2.83 bits per heavy atom. The fourth-order valence-corrected chi connectivity index (χ4v) is 4.00. The second kappa shape index (κ2) is 7.66. The Kier molecular flexibility index (Phi) is 4.70. The van der Waals surface area contributed by atoms with E-state index in [0.29, 0.717) is 28.2 Å². The van der Waals surface area contributed by atoms with E-state index < -0.39 is 0 Å². The Morgan fingerprint density at radius 2 is 2.03 bits per heavy atom. The van der Waals surface area contributed by atoms with Gasteiger partial charge in [0.25, 0.3) is 5.91 Å². The third-order valence-corrected chi connectivity index (χ3v) is 5.51. The molecule has 1 aliphatic rings. The molecule has 0 spiro atoms. The van der Waals surface area contributed by atoms with Crippen LogP contribution in [0.1, 0.15) is 53.5 Å². The third-order valence-electron chi connectivity index (χ3n) is 5.51. The minimum Gasteiger partial charge on any atom is -0.347 e. The first-order valence-corrected chi connectivity index (χ1v) is 9.95. The van der Waals surface area contributed by atoms with Gasteiger partial charge in [0.15, 0.2) is 11.3 Å². The Balaban J connectivity index is 1.36. The average molecular weight is 405 g/mol. The van der Waals surface area contributed by atoms with Crippen molar-refractivity contribution in [2.45, 2.75) is 38.1 Å². The van der Waals surface area contributed by atoms with Crippen molar-refractivity contribution in [1.29, 1.82) is 0 Å². The second-order valence-electron chi connectivity index (χ2n) is 7.54. The molecular formula is C21H20FN7O. The van der Waals surface area contributed by atoms with Crippen molar-refractivity contribution >= 4 is 17.1 Å². The van der Waals surface area contributed by atoms with Crippen molar-refractivity contribution in [3.05, 3.63) is 59.8 Å². The molecule has 1 aromatic carbocycles. The Labute approximate surface area is 171 Å². The van der Waals surface area contributed by atoms with E-state index >= 15 is 0 Å². The molecule has 152 valence electrons. The Morgan fingerprint density at radius 1 is 1.17 bits per heavy atom. The van der Waals surface area contributed by atoms with Gasteiger partial charge in [-0.25, -0.2) is 19.3 Å². The van der Waals surface area contributed by atoms with Gasteiger partial charge in [-0.15, -0.1) is 0 Å². The number of aromatic nitrogens is 6. The predicted molar refractivity (Wildman–Crippen MR) is 108 cm³/mol. The summed E-state index contributed by atoms with van der Waals surface area (Å²) in [5.74, 6) is 0.506. The number of nitrogens with zero attached hydrogens (tertiary/aromatic N) is 4. The van der Waals surface area contributed by atoms with Crippen LogP contribution in [-0.4, -0.2) is 36.0 Å². The van der Waals surface area contributed by atoms with Crippen LogP contribution in [0.2, 0.25) is 0 Å². The summed E-state index contributed by atoms with van der Waals surface area (Å²) in [4.78, 5) is 29.0. The summed E-state index contributed by atoms with van der Waals surface area (Å²) in [6.45, 7) is 0.163. The predicted octanol–water partition coefficient (Wildman–Crippen LogP) is 3.47. The maximum absolute atomic E-state index is 14.0. The molecule has 9 heteroatoms. The molecule has 0 saturated heterocycles. The number of fused-ring (bicyclic) bond motifs is 1. The summed E-state index contributed by atoms with van der Waals surface area (Å²) in [5.41, 5.74) is 3.37. The van der Waals surface area contributed by atoms with Crippen molar-refractivity contribution in [3.63, 3.8) is 0 Å². The number of nitrogens with one attached hydrogen (secondary N) is 3. The number of halogens is 1. The molecule has 30 heavy (non-hydrogen) atoms. The van der Waals surface area contributed by atoms with Crippen LogP contribution in [0.4, 0.5) is 4.39 Å². The smallest absolute Gasteiger partial charge is 0.272 e. The average Bonchev–Trinajstić information content (AvgIpc) is 3.51. The minimum atomic E-state index is -0.378. The lowest BCUT2D eigenvalue weighted by molar-refractivity contribution is 0.0947. The van der Waals surface area contributed by atoms with E-state index in [-0.39, 0.29) is 24.0 Å². The summed E-state index contributed by atoms with van der Waals surface area (Å²) >= 11 is 0. The van der Waals surface area contributed by atoms with Gasteiger partial charge in [0.05, 0.1) is 6.20 Å². The van der Waals surface area contributed by atoms with Crippen molar-refractivity contribution in [1.82, 2.24) is 35.5 Å². The van der Waals surface area contributed by atoms with Gasteiger partial charge in [0, 0.05) is 24.2 Å². The first-order chi connectivity index (χ1) is 14.7. The van der Waals surface area contributed by atoms with E-state index in [0.717, 1.165) is 24.2 Å². The van der Waals surface area contributed by atoms with E-state index in [1.54, 1.807) is 12.4 Å². The monoisotopic (exact) mass is 405 g/mol. The Hall–Kier alpha value is -3.62. The molecule has 4 aromatic rings. The number of amides is 1. The number of hydrogen-bond donors (Lipinski definition) is 3. The maximum Gasteiger partial charge on any atom is 0.272 e. The molecule has 8 nitrogen and oxygen atoms in total. The first-order valence-electron chi connectivity index (χ1n) is 9.95. The van der Waals surface area contributed by atoms with E-state index in [1.807, 2.05) is 6.07 Å². The molecule has 0 bridgehead atoms. The molecule has 1 fully saturated rings. The van der Waals surface area contributed by atoms with E-state index in [4.69, 9.17) is 0 Å². The topological polar surface area (TPSA) is 112 Å². The van der Waals surface area contributed by atoms with Gasteiger partial charge < -0.3 is 10.3 Å². The maximum atomic E-state index is 14.0. The highest BCUT2D eigenvalue weighted by Gasteiger charge is 2.23. The van der Waals surface area contributed by atoms with Gasteiger partial charge in [-0.2, -0.15) is 5.10 Å². The van der Waals surface area contributed by atoms with Crippen LogP contribution in [0.5, 0.6) is 0 Å². The number of hydrogen-bond acceptors (Lipinski definition) is 5. The summed E-state index contributed by atoms with van der Waals surface area (Å²) < 4.78 is 14.0. The summed E-state index contributed by atoms with van der Waals surface area (Å²) in [6.07, 6.45) is 9.21. The molecule has 1 aliphatic carbocycles. The lowest BCUT2D eigenvalue weighted by atomic mass is 10.1. The van der Waals surface area contributed by atoms with Crippen LogP contribution >= 0.6 is 0 Å².